The second-order valence-electron chi connectivity index (χ2n) is 4.12. The zero-order valence-corrected chi connectivity index (χ0v) is 10.1. The molecule has 0 amide bonds. The molecule has 1 atom stereocenters. The smallest absolute Gasteiger partial charge is 0.403 e. The average Bonchev–Trinajstić information content (AvgIpc) is 2.15. The van der Waals surface area contributed by atoms with E-state index in [4.69, 9.17) is 10.5 Å². The van der Waals surface area contributed by atoms with Crippen LogP contribution in [0.25, 0.3) is 0 Å². The van der Waals surface area contributed by atoms with Gasteiger partial charge in [-0.05, 0) is 37.0 Å². The Bertz CT molecular complexity index is 378. The van der Waals surface area contributed by atoms with Crippen molar-refractivity contribution in [2.75, 3.05) is 7.11 Å². The van der Waals surface area contributed by atoms with Crippen molar-refractivity contribution in [1.29, 1.82) is 0 Å². The van der Waals surface area contributed by atoms with Gasteiger partial charge in [-0.15, -0.1) is 0 Å². The van der Waals surface area contributed by atoms with Crippen LogP contribution in [0.2, 0.25) is 0 Å². The molecule has 0 bridgehead atoms. The van der Waals surface area contributed by atoms with Crippen LogP contribution in [0.4, 0.5) is 13.2 Å². The summed E-state index contributed by atoms with van der Waals surface area (Å²) in [6.07, 6.45) is -4.57. The van der Waals surface area contributed by atoms with Crippen molar-refractivity contribution >= 4 is 0 Å². The van der Waals surface area contributed by atoms with Crippen LogP contribution in [-0.2, 0) is 6.42 Å². The highest BCUT2D eigenvalue weighted by atomic mass is 19.4. The monoisotopic (exact) mass is 247 g/mol. The van der Waals surface area contributed by atoms with Crippen molar-refractivity contribution in [3.63, 3.8) is 0 Å². The molecule has 0 fully saturated rings. The fourth-order valence-electron chi connectivity index (χ4n) is 1.85. The van der Waals surface area contributed by atoms with Gasteiger partial charge < -0.3 is 10.5 Å². The Labute approximate surface area is 98.6 Å². The van der Waals surface area contributed by atoms with E-state index in [0.717, 1.165) is 11.1 Å². The van der Waals surface area contributed by atoms with Crippen molar-refractivity contribution in [3.8, 4) is 5.75 Å². The number of nitrogens with two attached hydrogens (primary N) is 1. The Hall–Kier alpha value is -1.23. The Balaban J connectivity index is 2.94. The summed E-state index contributed by atoms with van der Waals surface area (Å²) in [6, 6.07) is 1.53. The first-order chi connectivity index (χ1) is 7.75. The van der Waals surface area contributed by atoms with E-state index in [1.807, 2.05) is 0 Å². The Morgan fingerprint density at radius 3 is 2.06 bits per heavy atom. The van der Waals surface area contributed by atoms with E-state index in [1.54, 1.807) is 26.0 Å². The van der Waals surface area contributed by atoms with Crippen LogP contribution < -0.4 is 10.5 Å². The molecule has 0 saturated carbocycles. The molecule has 1 unspecified atom stereocenters. The van der Waals surface area contributed by atoms with Crippen molar-refractivity contribution < 1.29 is 17.9 Å². The zero-order chi connectivity index (χ0) is 13.2. The van der Waals surface area contributed by atoms with Crippen molar-refractivity contribution in [3.05, 3.63) is 28.8 Å². The minimum absolute atomic E-state index is 0.213. The van der Waals surface area contributed by atoms with E-state index < -0.39 is 12.2 Å². The van der Waals surface area contributed by atoms with Gasteiger partial charge in [0.2, 0.25) is 0 Å². The van der Waals surface area contributed by atoms with Gasteiger partial charge in [0, 0.05) is 0 Å². The van der Waals surface area contributed by atoms with Gasteiger partial charge in [0.1, 0.15) is 11.8 Å². The number of hydrogen-bond acceptors (Lipinski definition) is 2. The highest BCUT2D eigenvalue weighted by Gasteiger charge is 2.36. The van der Waals surface area contributed by atoms with E-state index in [-0.39, 0.29) is 6.42 Å². The number of rotatable bonds is 3. The van der Waals surface area contributed by atoms with Crippen molar-refractivity contribution in [2.45, 2.75) is 32.5 Å². The summed E-state index contributed by atoms with van der Waals surface area (Å²) in [5.41, 5.74) is 7.30. The van der Waals surface area contributed by atoms with E-state index in [9.17, 15) is 13.2 Å². The Morgan fingerprint density at radius 2 is 1.71 bits per heavy atom. The molecule has 0 aliphatic carbocycles. The molecular weight excluding hydrogens is 231 g/mol. The summed E-state index contributed by atoms with van der Waals surface area (Å²) in [5, 5.41) is 0. The van der Waals surface area contributed by atoms with E-state index in [1.165, 1.54) is 7.11 Å². The summed E-state index contributed by atoms with van der Waals surface area (Å²) < 4.78 is 42.1. The first-order valence-electron chi connectivity index (χ1n) is 5.22. The van der Waals surface area contributed by atoms with Crippen LogP contribution in [0.5, 0.6) is 5.75 Å². The summed E-state index contributed by atoms with van der Waals surface area (Å²) in [6.45, 7) is 3.60. The van der Waals surface area contributed by atoms with Gasteiger partial charge in [0.25, 0.3) is 0 Å². The molecule has 1 aromatic rings. The fraction of sp³-hybridized carbons (Fsp3) is 0.500. The van der Waals surface area contributed by atoms with Gasteiger partial charge >= 0.3 is 6.18 Å². The molecule has 0 saturated heterocycles. The summed E-state index contributed by atoms with van der Waals surface area (Å²) >= 11 is 0. The number of halogens is 3. The van der Waals surface area contributed by atoms with Crippen LogP contribution in [0.3, 0.4) is 0 Å². The molecule has 2 nitrogen and oxygen atoms in total. The lowest BCUT2D eigenvalue weighted by atomic mass is 10.0. The molecule has 1 rings (SSSR count). The predicted octanol–water partition coefficient (Wildman–Crippen LogP) is 2.74. The maximum atomic E-state index is 12.3. The normalized spacial score (nSPS) is 13.6. The van der Waals surface area contributed by atoms with Gasteiger partial charge in [0.15, 0.2) is 0 Å². The lowest BCUT2D eigenvalue weighted by Crippen LogP contribution is -2.39. The van der Waals surface area contributed by atoms with Crippen LogP contribution >= 0.6 is 0 Å². The molecule has 0 aliphatic heterocycles. The van der Waals surface area contributed by atoms with Crippen LogP contribution in [0.15, 0.2) is 12.1 Å². The third-order valence-electron chi connectivity index (χ3n) is 2.60. The van der Waals surface area contributed by atoms with E-state index >= 15 is 0 Å². The number of alkyl halides is 3. The number of hydrogen-bond donors (Lipinski definition) is 1. The lowest BCUT2D eigenvalue weighted by Gasteiger charge is -2.17. The van der Waals surface area contributed by atoms with Gasteiger partial charge in [-0.25, -0.2) is 0 Å². The minimum atomic E-state index is -4.36. The van der Waals surface area contributed by atoms with Gasteiger partial charge in [-0.2, -0.15) is 13.2 Å². The molecule has 17 heavy (non-hydrogen) atoms. The number of aryl methyl sites for hydroxylation is 2. The maximum Gasteiger partial charge on any atom is 0.403 e. The molecule has 0 aromatic heterocycles. The van der Waals surface area contributed by atoms with Crippen molar-refractivity contribution in [2.24, 2.45) is 5.73 Å². The third-order valence-corrected chi connectivity index (χ3v) is 2.60. The quantitative estimate of drug-likeness (QED) is 0.891. The average molecular weight is 247 g/mol. The van der Waals surface area contributed by atoms with Gasteiger partial charge in [-0.1, -0.05) is 12.1 Å². The molecular formula is C12H16F3NO. The number of ether oxygens (including phenoxy) is 1. The number of benzene rings is 1. The van der Waals surface area contributed by atoms with Crippen LogP contribution in [0.1, 0.15) is 16.7 Å². The zero-order valence-electron chi connectivity index (χ0n) is 10.1. The van der Waals surface area contributed by atoms with Gasteiger partial charge in [-0.3, -0.25) is 0 Å². The standard InChI is InChI=1S/C12H16F3NO/c1-7-4-9(5-8(2)11(7)17-3)6-10(16)12(13,14)15/h4-5,10H,6,16H2,1-3H3. The summed E-state index contributed by atoms with van der Waals surface area (Å²) in [7, 11) is 1.54. The largest absolute Gasteiger partial charge is 0.496 e. The first kappa shape index (κ1) is 13.8. The number of methoxy groups -OCH3 is 1. The minimum Gasteiger partial charge on any atom is -0.496 e. The lowest BCUT2D eigenvalue weighted by molar-refractivity contribution is -0.147. The first-order valence-corrected chi connectivity index (χ1v) is 5.22. The maximum absolute atomic E-state index is 12.3. The molecule has 1 aromatic carbocycles. The van der Waals surface area contributed by atoms with Crippen LogP contribution in [0, 0.1) is 13.8 Å². The van der Waals surface area contributed by atoms with Gasteiger partial charge in [0.05, 0.1) is 7.11 Å². The molecule has 0 spiro atoms. The molecule has 96 valence electrons. The molecule has 5 heteroatoms. The third kappa shape index (κ3) is 3.36. The fourth-order valence-corrected chi connectivity index (χ4v) is 1.85. The van der Waals surface area contributed by atoms with E-state index in [0.29, 0.717) is 11.3 Å². The molecule has 2 N–H and O–H groups in total. The SMILES string of the molecule is COc1c(C)cc(CC(N)C(F)(F)F)cc1C. The second kappa shape index (κ2) is 4.96. The topological polar surface area (TPSA) is 35.2 Å². The summed E-state index contributed by atoms with van der Waals surface area (Å²) in [4.78, 5) is 0. The molecule has 0 aliphatic rings. The predicted molar refractivity (Wildman–Crippen MR) is 60.2 cm³/mol. The highest BCUT2D eigenvalue weighted by molar-refractivity contribution is 5.43. The van der Waals surface area contributed by atoms with E-state index in [2.05, 4.69) is 0 Å². The Kier molecular flexibility index (Phi) is 4.03. The second-order valence-corrected chi connectivity index (χ2v) is 4.12. The summed E-state index contributed by atoms with van der Waals surface area (Å²) in [5.74, 6) is 0.703. The molecule has 0 heterocycles. The van der Waals surface area contributed by atoms with Crippen LogP contribution in [-0.4, -0.2) is 19.3 Å². The molecule has 0 radical (unpaired) electrons. The Morgan fingerprint density at radius 1 is 1.24 bits per heavy atom. The highest BCUT2D eigenvalue weighted by Crippen LogP contribution is 2.27. The van der Waals surface area contributed by atoms with Crippen molar-refractivity contribution in [1.82, 2.24) is 0 Å².